The SMILES string of the molecule is FC(F)(F)c1ccc(-c2ccc(Cl)c([CH]Cc3nnco3)c2)cc1. The Balaban J connectivity index is 1.82. The number of nitrogens with zero attached hydrogens (tertiary/aromatic N) is 2. The minimum absolute atomic E-state index is 0.413. The summed E-state index contributed by atoms with van der Waals surface area (Å²) >= 11 is 6.16. The van der Waals surface area contributed by atoms with Gasteiger partial charge in [-0.3, -0.25) is 0 Å². The normalized spacial score (nSPS) is 11.7. The summed E-state index contributed by atoms with van der Waals surface area (Å²) in [5, 5.41) is 7.90. The maximum atomic E-state index is 12.6. The van der Waals surface area contributed by atoms with Crippen molar-refractivity contribution in [2.24, 2.45) is 0 Å². The van der Waals surface area contributed by atoms with Crippen LogP contribution in [0.3, 0.4) is 0 Å². The predicted molar refractivity (Wildman–Crippen MR) is 83.3 cm³/mol. The molecule has 1 radical (unpaired) electrons. The summed E-state index contributed by atoms with van der Waals surface area (Å²) in [6.45, 7) is 0. The summed E-state index contributed by atoms with van der Waals surface area (Å²) in [6.07, 6.45) is -0.870. The van der Waals surface area contributed by atoms with Gasteiger partial charge in [-0.25, -0.2) is 0 Å². The third kappa shape index (κ3) is 3.76. The lowest BCUT2D eigenvalue weighted by molar-refractivity contribution is -0.137. The Labute approximate surface area is 141 Å². The molecule has 0 aliphatic heterocycles. The van der Waals surface area contributed by atoms with E-state index in [1.807, 2.05) is 6.42 Å². The van der Waals surface area contributed by atoms with E-state index in [0.717, 1.165) is 23.3 Å². The molecule has 0 spiro atoms. The maximum Gasteiger partial charge on any atom is 0.416 e. The molecule has 1 aromatic heterocycles. The molecule has 123 valence electrons. The Morgan fingerprint density at radius 1 is 1.04 bits per heavy atom. The van der Waals surface area contributed by atoms with Gasteiger partial charge in [0.2, 0.25) is 12.3 Å². The number of aromatic nitrogens is 2. The Bertz CT molecular complexity index is 815. The Morgan fingerprint density at radius 3 is 2.38 bits per heavy atom. The summed E-state index contributed by atoms with van der Waals surface area (Å²) in [5.41, 5.74) is 1.51. The first-order chi connectivity index (χ1) is 11.4. The third-order valence-corrected chi connectivity index (χ3v) is 3.79. The van der Waals surface area contributed by atoms with Crippen LogP contribution in [0.25, 0.3) is 11.1 Å². The molecule has 3 rings (SSSR count). The van der Waals surface area contributed by atoms with E-state index < -0.39 is 11.7 Å². The Kier molecular flexibility index (Phi) is 4.57. The summed E-state index contributed by atoms with van der Waals surface area (Å²) in [4.78, 5) is 0. The highest BCUT2D eigenvalue weighted by Crippen LogP contribution is 2.32. The van der Waals surface area contributed by atoms with E-state index in [9.17, 15) is 13.2 Å². The Hall–Kier alpha value is -2.34. The number of benzene rings is 2. The third-order valence-electron chi connectivity index (χ3n) is 3.44. The molecular formula is C17H11ClF3N2O. The van der Waals surface area contributed by atoms with Crippen LogP contribution in [0.4, 0.5) is 13.2 Å². The van der Waals surface area contributed by atoms with E-state index >= 15 is 0 Å². The molecule has 3 aromatic rings. The van der Waals surface area contributed by atoms with Crippen LogP contribution in [0.1, 0.15) is 17.0 Å². The summed E-state index contributed by atoms with van der Waals surface area (Å²) in [7, 11) is 0. The van der Waals surface area contributed by atoms with Gasteiger partial charge in [0.25, 0.3) is 0 Å². The molecule has 0 aliphatic carbocycles. The van der Waals surface area contributed by atoms with Gasteiger partial charge in [0.1, 0.15) is 0 Å². The minimum atomic E-state index is -4.35. The lowest BCUT2D eigenvalue weighted by Gasteiger charge is -2.09. The van der Waals surface area contributed by atoms with Gasteiger partial charge in [0.15, 0.2) is 0 Å². The van der Waals surface area contributed by atoms with Crippen molar-refractivity contribution in [3.8, 4) is 11.1 Å². The Morgan fingerprint density at radius 2 is 1.75 bits per heavy atom. The van der Waals surface area contributed by atoms with Crippen LogP contribution in [0.15, 0.2) is 53.3 Å². The largest absolute Gasteiger partial charge is 0.428 e. The van der Waals surface area contributed by atoms with Crippen molar-refractivity contribution in [3.63, 3.8) is 0 Å². The average Bonchev–Trinajstić information content (AvgIpc) is 3.07. The molecule has 0 unspecified atom stereocenters. The first-order valence-electron chi connectivity index (χ1n) is 6.99. The molecule has 1 heterocycles. The average molecular weight is 352 g/mol. The van der Waals surface area contributed by atoms with Crippen molar-refractivity contribution >= 4 is 11.6 Å². The lowest BCUT2D eigenvalue weighted by atomic mass is 10.00. The number of rotatable bonds is 4. The van der Waals surface area contributed by atoms with E-state index in [-0.39, 0.29) is 0 Å². The van der Waals surface area contributed by atoms with Crippen molar-refractivity contribution < 1.29 is 17.6 Å². The summed E-state index contributed by atoms with van der Waals surface area (Å²) < 4.78 is 42.9. The van der Waals surface area contributed by atoms with Crippen LogP contribution in [0, 0.1) is 6.42 Å². The van der Waals surface area contributed by atoms with Gasteiger partial charge in [0, 0.05) is 17.9 Å². The van der Waals surface area contributed by atoms with E-state index in [0.29, 0.717) is 22.9 Å². The van der Waals surface area contributed by atoms with Gasteiger partial charge in [0.05, 0.1) is 5.56 Å². The number of hydrogen-bond donors (Lipinski definition) is 0. The van der Waals surface area contributed by atoms with Gasteiger partial charge in [-0.2, -0.15) is 13.2 Å². The smallest absolute Gasteiger partial charge is 0.416 e. The van der Waals surface area contributed by atoms with Crippen LogP contribution < -0.4 is 0 Å². The molecule has 0 saturated carbocycles. The van der Waals surface area contributed by atoms with Crippen LogP contribution >= 0.6 is 11.6 Å². The number of alkyl halides is 3. The zero-order valence-corrected chi connectivity index (χ0v) is 13.0. The number of hydrogen-bond acceptors (Lipinski definition) is 3. The highest BCUT2D eigenvalue weighted by atomic mass is 35.5. The molecular weight excluding hydrogens is 341 g/mol. The van der Waals surface area contributed by atoms with Crippen molar-refractivity contribution in [3.05, 3.63) is 77.3 Å². The topological polar surface area (TPSA) is 38.9 Å². The van der Waals surface area contributed by atoms with Gasteiger partial charge in [-0.15, -0.1) is 10.2 Å². The molecule has 24 heavy (non-hydrogen) atoms. The molecule has 3 nitrogen and oxygen atoms in total. The standard InChI is InChI=1S/C17H11ClF3N2O/c18-15-7-3-12(9-13(15)4-8-16-23-22-10-24-16)11-1-5-14(6-2-11)17(19,20)21/h1-7,9-10H,8H2. The molecule has 7 heteroatoms. The molecule has 0 aliphatic rings. The minimum Gasteiger partial charge on any atom is -0.428 e. The first-order valence-corrected chi connectivity index (χ1v) is 7.37. The van der Waals surface area contributed by atoms with E-state index in [1.165, 1.54) is 18.5 Å². The molecule has 0 fully saturated rings. The van der Waals surface area contributed by atoms with E-state index in [4.69, 9.17) is 16.0 Å². The van der Waals surface area contributed by atoms with Gasteiger partial charge < -0.3 is 4.42 Å². The van der Waals surface area contributed by atoms with Crippen LogP contribution in [-0.4, -0.2) is 10.2 Å². The van der Waals surface area contributed by atoms with Crippen LogP contribution in [0.5, 0.6) is 0 Å². The van der Waals surface area contributed by atoms with Crippen molar-refractivity contribution in [2.45, 2.75) is 12.6 Å². The second-order valence-corrected chi connectivity index (χ2v) is 5.46. The van der Waals surface area contributed by atoms with Gasteiger partial charge in [-0.1, -0.05) is 29.8 Å². The first kappa shape index (κ1) is 16.5. The lowest BCUT2D eigenvalue weighted by Crippen LogP contribution is -2.04. The second-order valence-electron chi connectivity index (χ2n) is 5.05. The fourth-order valence-corrected chi connectivity index (χ4v) is 2.41. The fourth-order valence-electron chi connectivity index (χ4n) is 2.21. The molecule has 2 aromatic carbocycles. The maximum absolute atomic E-state index is 12.6. The number of halogens is 4. The molecule has 0 atom stereocenters. The summed E-state index contributed by atoms with van der Waals surface area (Å²) in [5.74, 6) is 0.450. The molecule has 0 amide bonds. The van der Waals surface area contributed by atoms with Gasteiger partial charge in [-0.05, 0) is 41.0 Å². The second kappa shape index (κ2) is 6.65. The van der Waals surface area contributed by atoms with E-state index in [2.05, 4.69) is 10.2 Å². The fraction of sp³-hybridized carbons (Fsp3) is 0.118. The molecule has 0 bridgehead atoms. The summed E-state index contributed by atoms with van der Waals surface area (Å²) in [6, 6.07) is 10.3. The monoisotopic (exact) mass is 351 g/mol. The van der Waals surface area contributed by atoms with Crippen LogP contribution in [-0.2, 0) is 12.6 Å². The van der Waals surface area contributed by atoms with Gasteiger partial charge >= 0.3 is 6.18 Å². The highest BCUT2D eigenvalue weighted by molar-refractivity contribution is 6.31. The highest BCUT2D eigenvalue weighted by Gasteiger charge is 2.29. The van der Waals surface area contributed by atoms with Crippen molar-refractivity contribution in [1.82, 2.24) is 10.2 Å². The molecule has 0 N–H and O–H groups in total. The van der Waals surface area contributed by atoms with E-state index in [1.54, 1.807) is 18.2 Å². The van der Waals surface area contributed by atoms with Crippen molar-refractivity contribution in [1.29, 1.82) is 0 Å². The zero-order chi connectivity index (χ0) is 17.2. The van der Waals surface area contributed by atoms with Crippen molar-refractivity contribution in [2.75, 3.05) is 0 Å². The molecule has 0 saturated heterocycles. The van der Waals surface area contributed by atoms with Crippen LogP contribution in [0.2, 0.25) is 5.02 Å². The quantitative estimate of drug-likeness (QED) is 0.648. The predicted octanol–water partition coefficient (Wildman–Crippen LogP) is 5.20. The zero-order valence-electron chi connectivity index (χ0n) is 12.2.